The maximum absolute atomic E-state index is 5.41. The summed E-state index contributed by atoms with van der Waals surface area (Å²) in [4.78, 5) is 0. The quantitative estimate of drug-likeness (QED) is 0.645. The molecule has 1 aromatic carbocycles. The van der Waals surface area contributed by atoms with Crippen LogP contribution in [-0.2, 0) is 5.79 Å². The van der Waals surface area contributed by atoms with E-state index in [1.165, 1.54) is 0 Å². The van der Waals surface area contributed by atoms with Crippen molar-refractivity contribution in [1.29, 1.82) is 0 Å². The van der Waals surface area contributed by atoms with Gasteiger partial charge in [-0.2, -0.15) is 0 Å². The smallest absolute Gasteiger partial charge is 0.142 e. The monoisotopic (exact) mass is 245 g/mol. The first kappa shape index (κ1) is 18.7. The minimum Gasteiger partial charge on any atom is -0.297 e. The molecule has 13 heavy (non-hydrogen) atoms. The maximum Gasteiger partial charge on any atom is 0.142 e. The van der Waals surface area contributed by atoms with Crippen molar-refractivity contribution < 1.29 is 0 Å². The molecule has 0 aromatic heterocycles. The molecule has 1 aromatic rings. The normalized spacial score (nSPS) is 8.85. The minimum absolute atomic E-state index is 0. The highest BCUT2D eigenvalue weighted by Gasteiger charge is 2.12. The van der Waals surface area contributed by atoms with E-state index in [4.69, 9.17) is 17.2 Å². The van der Waals surface area contributed by atoms with Gasteiger partial charge in [0.05, 0.1) is 0 Å². The Kier molecular flexibility index (Phi) is 10.6. The lowest BCUT2D eigenvalue weighted by Gasteiger charge is -2.18. The van der Waals surface area contributed by atoms with Crippen molar-refractivity contribution in [2.75, 3.05) is 0 Å². The van der Waals surface area contributed by atoms with E-state index >= 15 is 0 Å². The van der Waals surface area contributed by atoms with Crippen molar-refractivity contribution in [3.05, 3.63) is 35.9 Å². The van der Waals surface area contributed by atoms with Gasteiger partial charge in [-0.1, -0.05) is 30.3 Å². The van der Waals surface area contributed by atoms with Crippen LogP contribution in [0.2, 0.25) is 0 Å². The van der Waals surface area contributed by atoms with Gasteiger partial charge in [-0.15, -0.1) is 37.2 Å². The Balaban J connectivity index is -0.000000333. The average Bonchev–Trinajstić information content (AvgIpc) is 1.88. The van der Waals surface area contributed by atoms with Crippen molar-refractivity contribution in [1.82, 2.24) is 0 Å². The molecule has 0 saturated carbocycles. The van der Waals surface area contributed by atoms with E-state index in [-0.39, 0.29) is 37.2 Å². The summed E-state index contributed by atoms with van der Waals surface area (Å²) in [5, 5.41) is 0. The molecule has 0 bridgehead atoms. The second-order valence-corrected chi connectivity index (χ2v) is 2.30. The molecule has 6 N–H and O–H groups in total. The summed E-state index contributed by atoms with van der Waals surface area (Å²) in [6, 6.07) is 9.16. The van der Waals surface area contributed by atoms with Gasteiger partial charge < -0.3 is 0 Å². The molecule has 0 unspecified atom stereocenters. The lowest BCUT2D eigenvalue weighted by molar-refractivity contribution is 0.488. The molecule has 0 spiro atoms. The van der Waals surface area contributed by atoms with E-state index in [0.29, 0.717) is 0 Å². The number of hydrogen-bond donors (Lipinski definition) is 3. The van der Waals surface area contributed by atoms with Gasteiger partial charge in [0.15, 0.2) is 0 Å². The van der Waals surface area contributed by atoms with Crippen molar-refractivity contribution in [3.63, 3.8) is 0 Å². The molecule has 0 amide bonds. The Morgan fingerprint density at radius 3 is 1.38 bits per heavy atom. The molecule has 3 nitrogen and oxygen atoms in total. The molecular formula is C7H14Cl3N3. The lowest BCUT2D eigenvalue weighted by atomic mass is 10.1. The molecule has 0 atom stereocenters. The van der Waals surface area contributed by atoms with E-state index < -0.39 is 5.79 Å². The predicted octanol–water partition coefficient (Wildman–Crippen LogP) is 0.938. The summed E-state index contributed by atoms with van der Waals surface area (Å²) in [5.74, 6) is -1.21. The van der Waals surface area contributed by atoms with Crippen LogP contribution in [0.4, 0.5) is 0 Å². The summed E-state index contributed by atoms with van der Waals surface area (Å²) in [6.07, 6.45) is 0. The highest BCUT2D eigenvalue weighted by molar-refractivity contribution is 5.86. The number of benzene rings is 1. The largest absolute Gasteiger partial charge is 0.297 e. The Morgan fingerprint density at radius 2 is 1.15 bits per heavy atom. The third kappa shape index (κ3) is 6.10. The van der Waals surface area contributed by atoms with E-state index in [9.17, 15) is 0 Å². The van der Waals surface area contributed by atoms with Crippen LogP contribution in [0.25, 0.3) is 0 Å². The van der Waals surface area contributed by atoms with Crippen LogP contribution >= 0.6 is 37.2 Å². The summed E-state index contributed by atoms with van der Waals surface area (Å²) in [7, 11) is 0. The molecule has 0 aliphatic heterocycles. The third-order valence-corrected chi connectivity index (χ3v) is 1.27. The van der Waals surface area contributed by atoms with Gasteiger partial charge in [0, 0.05) is 5.56 Å². The second kappa shape index (κ2) is 7.38. The zero-order valence-electron chi connectivity index (χ0n) is 6.84. The number of halogens is 3. The molecule has 0 fully saturated rings. The molecule has 6 heteroatoms. The van der Waals surface area contributed by atoms with Crippen molar-refractivity contribution in [2.45, 2.75) is 5.79 Å². The fraction of sp³-hybridized carbons (Fsp3) is 0.143. The molecule has 0 aliphatic rings. The van der Waals surface area contributed by atoms with Gasteiger partial charge in [0.25, 0.3) is 0 Å². The van der Waals surface area contributed by atoms with Crippen LogP contribution in [-0.4, -0.2) is 0 Å². The summed E-state index contributed by atoms with van der Waals surface area (Å²) in [6.45, 7) is 0. The Labute approximate surface area is 96.3 Å². The van der Waals surface area contributed by atoms with Gasteiger partial charge >= 0.3 is 0 Å². The van der Waals surface area contributed by atoms with E-state index in [2.05, 4.69) is 0 Å². The maximum atomic E-state index is 5.41. The minimum atomic E-state index is -1.21. The van der Waals surface area contributed by atoms with Crippen LogP contribution in [0.15, 0.2) is 30.3 Å². The molecule has 0 heterocycles. The van der Waals surface area contributed by atoms with Gasteiger partial charge in [-0.05, 0) is 0 Å². The predicted molar refractivity (Wildman–Crippen MR) is 62.4 cm³/mol. The average molecular weight is 247 g/mol. The Bertz CT molecular complexity index is 210. The molecular weight excluding hydrogens is 232 g/mol. The van der Waals surface area contributed by atoms with Crippen LogP contribution in [0.3, 0.4) is 0 Å². The van der Waals surface area contributed by atoms with Gasteiger partial charge in [-0.3, -0.25) is 17.2 Å². The molecule has 0 radical (unpaired) electrons. The number of rotatable bonds is 1. The molecule has 1 rings (SSSR count). The first-order chi connectivity index (χ1) is 4.61. The standard InChI is InChI=1S/C7H11N3.3ClH/c8-7(9,10)6-4-2-1-3-5-6;;;/h1-5H,8-10H2;3*1H. The van der Waals surface area contributed by atoms with Crippen LogP contribution in [0.5, 0.6) is 0 Å². The molecule has 78 valence electrons. The molecule has 0 aliphatic carbocycles. The molecule has 0 saturated heterocycles. The topological polar surface area (TPSA) is 78.1 Å². The van der Waals surface area contributed by atoms with Crippen LogP contribution in [0, 0.1) is 0 Å². The van der Waals surface area contributed by atoms with Gasteiger partial charge in [0.2, 0.25) is 0 Å². The Hall–Kier alpha value is -0.0300. The van der Waals surface area contributed by atoms with E-state index in [1.54, 1.807) is 12.1 Å². The van der Waals surface area contributed by atoms with Gasteiger partial charge in [0.1, 0.15) is 5.79 Å². The van der Waals surface area contributed by atoms with E-state index in [0.717, 1.165) is 5.56 Å². The number of nitrogens with two attached hydrogens (primary N) is 3. The fourth-order valence-electron chi connectivity index (χ4n) is 0.727. The van der Waals surface area contributed by atoms with Crippen LogP contribution < -0.4 is 17.2 Å². The van der Waals surface area contributed by atoms with E-state index in [1.807, 2.05) is 18.2 Å². The first-order valence-electron chi connectivity index (χ1n) is 3.03. The zero-order valence-corrected chi connectivity index (χ0v) is 9.29. The number of hydrogen-bond acceptors (Lipinski definition) is 3. The van der Waals surface area contributed by atoms with Crippen molar-refractivity contribution in [3.8, 4) is 0 Å². The lowest BCUT2D eigenvalue weighted by Crippen LogP contribution is -2.54. The summed E-state index contributed by atoms with van der Waals surface area (Å²) < 4.78 is 0. The van der Waals surface area contributed by atoms with Crippen molar-refractivity contribution in [2.24, 2.45) is 17.2 Å². The SMILES string of the molecule is Cl.Cl.Cl.NC(N)(N)c1ccccc1. The second-order valence-electron chi connectivity index (χ2n) is 2.30. The van der Waals surface area contributed by atoms with Gasteiger partial charge in [-0.25, -0.2) is 0 Å². The summed E-state index contributed by atoms with van der Waals surface area (Å²) >= 11 is 0. The van der Waals surface area contributed by atoms with Crippen molar-refractivity contribution >= 4 is 37.2 Å². The highest BCUT2D eigenvalue weighted by atomic mass is 35.5. The first-order valence-corrected chi connectivity index (χ1v) is 3.03. The van der Waals surface area contributed by atoms with Crippen LogP contribution in [0.1, 0.15) is 5.56 Å². The fourth-order valence-corrected chi connectivity index (χ4v) is 0.727. The third-order valence-electron chi connectivity index (χ3n) is 1.27. The highest BCUT2D eigenvalue weighted by Crippen LogP contribution is 2.04. The Morgan fingerprint density at radius 1 is 0.769 bits per heavy atom. The summed E-state index contributed by atoms with van der Waals surface area (Å²) in [5.41, 5.74) is 17.0. The zero-order chi connectivity index (χ0) is 7.61.